The van der Waals surface area contributed by atoms with Gasteiger partial charge in [0.15, 0.2) is 5.78 Å². The highest BCUT2D eigenvalue weighted by Gasteiger charge is 2.30. The highest BCUT2D eigenvalue weighted by molar-refractivity contribution is 5.82. The summed E-state index contributed by atoms with van der Waals surface area (Å²) < 4.78 is 42.4. The summed E-state index contributed by atoms with van der Waals surface area (Å²) in [4.78, 5) is 11.5. The second-order valence-electron chi connectivity index (χ2n) is 4.09. The number of benzene rings is 1. The summed E-state index contributed by atoms with van der Waals surface area (Å²) >= 11 is 0. The molecular formula is C13H15F3O2. The van der Waals surface area contributed by atoms with E-state index in [0.29, 0.717) is 6.42 Å². The minimum Gasteiger partial charge on any atom is -0.486 e. The molecule has 18 heavy (non-hydrogen) atoms. The zero-order chi connectivity index (χ0) is 13.8. The van der Waals surface area contributed by atoms with E-state index in [4.69, 9.17) is 4.74 Å². The maximum Gasteiger partial charge on any atom is 0.416 e. The number of alkyl halides is 3. The molecule has 100 valence electrons. The van der Waals surface area contributed by atoms with Crippen LogP contribution < -0.4 is 4.74 Å². The molecule has 1 unspecified atom stereocenters. The van der Waals surface area contributed by atoms with E-state index in [1.54, 1.807) is 6.92 Å². The van der Waals surface area contributed by atoms with E-state index in [-0.39, 0.29) is 24.1 Å². The Balaban J connectivity index is 2.66. The molecule has 0 saturated heterocycles. The number of carbonyl (C=O) groups is 1. The first-order valence-electron chi connectivity index (χ1n) is 5.67. The van der Waals surface area contributed by atoms with Crippen LogP contribution in [0.15, 0.2) is 24.3 Å². The van der Waals surface area contributed by atoms with Gasteiger partial charge in [0, 0.05) is 5.92 Å². The van der Waals surface area contributed by atoms with Gasteiger partial charge in [-0.1, -0.05) is 19.9 Å². The van der Waals surface area contributed by atoms with Crippen molar-refractivity contribution in [1.29, 1.82) is 0 Å². The van der Waals surface area contributed by atoms with Crippen LogP contribution in [0, 0.1) is 5.92 Å². The predicted molar refractivity (Wildman–Crippen MR) is 61.4 cm³/mol. The van der Waals surface area contributed by atoms with Crippen LogP contribution in [-0.2, 0) is 11.0 Å². The lowest BCUT2D eigenvalue weighted by Gasteiger charge is -2.11. The number of rotatable bonds is 5. The Morgan fingerprint density at radius 2 is 2.06 bits per heavy atom. The van der Waals surface area contributed by atoms with Crippen LogP contribution in [-0.4, -0.2) is 12.4 Å². The van der Waals surface area contributed by atoms with Crippen molar-refractivity contribution >= 4 is 5.78 Å². The molecule has 0 saturated carbocycles. The van der Waals surface area contributed by atoms with Gasteiger partial charge in [-0.15, -0.1) is 0 Å². The van der Waals surface area contributed by atoms with E-state index in [0.717, 1.165) is 12.1 Å². The third kappa shape index (κ3) is 4.05. The minimum atomic E-state index is -4.40. The van der Waals surface area contributed by atoms with Crippen LogP contribution in [0.2, 0.25) is 0 Å². The monoisotopic (exact) mass is 260 g/mol. The van der Waals surface area contributed by atoms with Crippen molar-refractivity contribution < 1.29 is 22.7 Å². The van der Waals surface area contributed by atoms with Gasteiger partial charge in [0.25, 0.3) is 0 Å². The average Bonchev–Trinajstić information content (AvgIpc) is 2.34. The number of hydrogen-bond acceptors (Lipinski definition) is 2. The number of hydrogen-bond donors (Lipinski definition) is 0. The van der Waals surface area contributed by atoms with Crippen LogP contribution in [0.5, 0.6) is 5.75 Å². The second kappa shape index (κ2) is 5.89. The fourth-order valence-corrected chi connectivity index (χ4v) is 1.29. The van der Waals surface area contributed by atoms with Crippen molar-refractivity contribution in [2.24, 2.45) is 5.92 Å². The van der Waals surface area contributed by atoms with Gasteiger partial charge in [-0.3, -0.25) is 4.79 Å². The summed E-state index contributed by atoms with van der Waals surface area (Å²) in [7, 11) is 0. The fraction of sp³-hybridized carbons (Fsp3) is 0.462. The van der Waals surface area contributed by atoms with Gasteiger partial charge in [0.05, 0.1) is 5.56 Å². The van der Waals surface area contributed by atoms with E-state index >= 15 is 0 Å². The van der Waals surface area contributed by atoms with Crippen molar-refractivity contribution in [1.82, 2.24) is 0 Å². The molecule has 0 fully saturated rings. The van der Waals surface area contributed by atoms with Crippen LogP contribution >= 0.6 is 0 Å². The molecule has 0 radical (unpaired) electrons. The van der Waals surface area contributed by atoms with Gasteiger partial charge in [-0.2, -0.15) is 13.2 Å². The number of halogens is 3. The molecule has 1 rings (SSSR count). The summed E-state index contributed by atoms with van der Waals surface area (Å²) in [5.74, 6) is -0.202. The summed E-state index contributed by atoms with van der Waals surface area (Å²) in [5.41, 5.74) is -0.781. The molecule has 0 bridgehead atoms. The van der Waals surface area contributed by atoms with Crippen molar-refractivity contribution in [2.45, 2.75) is 26.4 Å². The fourth-order valence-electron chi connectivity index (χ4n) is 1.29. The molecule has 1 atom stereocenters. The molecule has 0 aliphatic carbocycles. The number of Topliss-reactive ketones (excluding diaryl/α,β-unsaturated/α-hetero) is 1. The molecule has 2 nitrogen and oxygen atoms in total. The lowest BCUT2D eigenvalue weighted by Crippen LogP contribution is -2.18. The first-order valence-corrected chi connectivity index (χ1v) is 5.67. The van der Waals surface area contributed by atoms with Crippen molar-refractivity contribution in [3.63, 3.8) is 0 Å². The first kappa shape index (κ1) is 14.5. The van der Waals surface area contributed by atoms with Crippen LogP contribution in [0.3, 0.4) is 0 Å². The first-order chi connectivity index (χ1) is 8.34. The molecule has 0 aliphatic rings. The van der Waals surface area contributed by atoms with Gasteiger partial charge < -0.3 is 4.74 Å². The third-order valence-electron chi connectivity index (χ3n) is 2.70. The highest BCUT2D eigenvalue weighted by Crippen LogP contribution is 2.31. The third-order valence-corrected chi connectivity index (χ3v) is 2.70. The summed E-state index contributed by atoms with van der Waals surface area (Å²) in [5, 5.41) is 0. The topological polar surface area (TPSA) is 26.3 Å². The Bertz CT molecular complexity index is 413. The molecule has 0 N–H and O–H groups in total. The normalized spacial score (nSPS) is 13.2. The van der Waals surface area contributed by atoms with Crippen LogP contribution in [0.25, 0.3) is 0 Å². The molecule has 0 aliphatic heterocycles. The minimum absolute atomic E-state index is 0.0569. The van der Waals surface area contributed by atoms with E-state index in [1.807, 2.05) is 6.92 Å². The Kier molecular flexibility index (Phi) is 4.76. The molecule has 0 spiro atoms. The summed E-state index contributed by atoms with van der Waals surface area (Å²) in [6.45, 7) is 3.43. The molecule has 0 amide bonds. The van der Waals surface area contributed by atoms with Gasteiger partial charge in [-0.05, 0) is 24.6 Å². The Labute approximate surface area is 104 Å². The quantitative estimate of drug-likeness (QED) is 0.806. The predicted octanol–water partition coefficient (Wildman–Crippen LogP) is 3.70. The van der Waals surface area contributed by atoms with Crippen molar-refractivity contribution in [2.75, 3.05) is 6.61 Å². The number of carbonyl (C=O) groups excluding carboxylic acids is 1. The number of ketones is 1. The molecule has 5 heteroatoms. The molecule has 1 aromatic carbocycles. The van der Waals surface area contributed by atoms with Gasteiger partial charge in [0.1, 0.15) is 12.4 Å². The lowest BCUT2D eigenvalue weighted by molar-refractivity contribution is -0.137. The molecule has 0 heterocycles. The summed E-state index contributed by atoms with van der Waals surface area (Å²) in [6.07, 6.45) is -3.72. The Hall–Kier alpha value is -1.52. The van der Waals surface area contributed by atoms with E-state index < -0.39 is 11.7 Å². The maximum absolute atomic E-state index is 12.4. The van der Waals surface area contributed by atoms with Crippen LogP contribution in [0.4, 0.5) is 13.2 Å². The van der Waals surface area contributed by atoms with E-state index in [1.165, 1.54) is 12.1 Å². The zero-order valence-corrected chi connectivity index (χ0v) is 10.3. The molecule has 0 aromatic heterocycles. The van der Waals surface area contributed by atoms with Gasteiger partial charge >= 0.3 is 6.18 Å². The van der Waals surface area contributed by atoms with Crippen molar-refractivity contribution in [3.05, 3.63) is 29.8 Å². The van der Waals surface area contributed by atoms with E-state index in [9.17, 15) is 18.0 Å². The van der Waals surface area contributed by atoms with E-state index in [2.05, 4.69) is 0 Å². The van der Waals surface area contributed by atoms with Crippen molar-refractivity contribution in [3.8, 4) is 5.75 Å². The smallest absolute Gasteiger partial charge is 0.416 e. The van der Waals surface area contributed by atoms with Gasteiger partial charge in [-0.25, -0.2) is 0 Å². The largest absolute Gasteiger partial charge is 0.486 e. The Morgan fingerprint density at radius 3 is 2.61 bits per heavy atom. The zero-order valence-electron chi connectivity index (χ0n) is 10.3. The van der Waals surface area contributed by atoms with Crippen LogP contribution in [0.1, 0.15) is 25.8 Å². The number of ether oxygens (including phenoxy) is 1. The average molecular weight is 260 g/mol. The summed E-state index contributed by atoms with van der Waals surface area (Å²) in [6, 6.07) is 4.51. The molecule has 1 aromatic rings. The highest BCUT2D eigenvalue weighted by atomic mass is 19.4. The SMILES string of the molecule is CCC(C)C(=O)COc1cccc(C(F)(F)F)c1. The Morgan fingerprint density at radius 1 is 1.39 bits per heavy atom. The second-order valence-corrected chi connectivity index (χ2v) is 4.09. The van der Waals surface area contributed by atoms with Gasteiger partial charge in [0.2, 0.25) is 0 Å². The lowest BCUT2D eigenvalue weighted by atomic mass is 10.0. The molecular weight excluding hydrogens is 245 g/mol. The standard InChI is InChI=1S/C13H15F3O2/c1-3-9(2)12(17)8-18-11-6-4-5-10(7-11)13(14,15)16/h4-7,9H,3,8H2,1-2H3. The maximum atomic E-state index is 12.4.